The van der Waals surface area contributed by atoms with Gasteiger partial charge in [-0.15, -0.1) is 0 Å². The number of nitrogens with zero attached hydrogens (tertiary/aromatic N) is 6. The molecule has 0 saturated heterocycles. The van der Waals surface area contributed by atoms with Crippen LogP contribution < -0.4 is 10.3 Å². The molecular formula is C23H19F3N8. The lowest BCUT2D eigenvalue weighted by molar-refractivity contribution is -0.137. The predicted molar refractivity (Wildman–Crippen MR) is 123 cm³/mol. The van der Waals surface area contributed by atoms with Gasteiger partial charge in [-0.2, -0.15) is 23.5 Å². The Morgan fingerprint density at radius 2 is 1.97 bits per heavy atom. The number of nitrogens with one attached hydrogen (secondary N) is 2. The number of H-pyrrole nitrogens is 1. The third kappa shape index (κ3) is 4.66. The van der Waals surface area contributed by atoms with E-state index in [-0.39, 0.29) is 28.2 Å². The molecule has 34 heavy (non-hydrogen) atoms. The number of hydrazone groups is 1. The zero-order valence-corrected chi connectivity index (χ0v) is 18.2. The van der Waals surface area contributed by atoms with Crippen molar-refractivity contribution in [1.29, 1.82) is 5.26 Å². The summed E-state index contributed by atoms with van der Waals surface area (Å²) in [5.74, 6) is 0.236. The molecule has 0 radical (unpaired) electrons. The summed E-state index contributed by atoms with van der Waals surface area (Å²) in [5.41, 5.74) is 1.93. The van der Waals surface area contributed by atoms with E-state index in [1.165, 1.54) is 12.4 Å². The lowest BCUT2D eigenvalue weighted by atomic mass is 10.1. The number of halogens is 3. The second-order valence-electron chi connectivity index (χ2n) is 7.31. The molecule has 1 aromatic carbocycles. The van der Waals surface area contributed by atoms with Crippen LogP contribution in [-0.4, -0.2) is 33.2 Å². The minimum Gasteiger partial charge on any atom is -0.350 e. The largest absolute Gasteiger partial charge is 0.417 e. The standard InChI is InChI=1S/C23H19F3N8/c1-3-32-34(2)17-6-4-14(5-7-17)10-30-22-31-11-15(9-27)20(33-22)19-13-29-21-18(19)8-16(12-28-21)23(24,25)26/h3-8,11-13H,10H2,1-2H3,(H,28,29)(H,30,31,33). The van der Waals surface area contributed by atoms with E-state index in [0.29, 0.717) is 12.1 Å². The van der Waals surface area contributed by atoms with Gasteiger partial charge in [0.15, 0.2) is 0 Å². The molecule has 2 N–H and O–H groups in total. The first-order valence-electron chi connectivity index (χ1n) is 10.2. The number of alkyl halides is 3. The number of aromatic nitrogens is 4. The Morgan fingerprint density at radius 3 is 2.65 bits per heavy atom. The lowest BCUT2D eigenvalue weighted by Gasteiger charge is -2.13. The van der Waals surface area contributed by atoms with Crippen molar-refractivity contribution >= 4 is 28.9 Å². The SMILES string of the molecule is CC=NN(C)c1ccc(CNc2ncc(C#N)c(-c3c[nH]c4ncc(C(F)(F)F)cc34)n2)cc1. The van der Waals surface area contributed by atoms with Crippen molar-refractivity contribution in [3.63, 3.8) is 0 Å². The van der Waals surface area contributed by atoms with Crippen LogP contribution in [0.25, 0.3) is 22.3 Å². The second kappa shape index (κ2) is 9.19. The van der Waals surface area contributed by atoms with Gasteiger partial charge in [0.25, 0.3) is 0 Å². The number of hydrogen-bond acceptors (Lipinski definition) is 7. The molecule has 4 rings (SSSR count). The van der Waals surface area contributed by atoms with Gasteiger partial charge in [-0.3, -0.25) is 5.01 Å². The monoisotopic (exact) mass is 464 g/mol. The maximum Gasteiger partial charge on any atom is 0.417 e. The molecule has 0 saturated carbocycles. The summed E-state index contributed by atoms with van der Waals surface area (Å²) in [7, 11) is 1.84. The van der Waals surface area contributed by atoms with Crippen LogP contribution in [0.5, 0.6) is 0 Å². The fourth-order valence-electron chi connectivity index (χ4n) is 3.36. The van der Waals surface area contributed by atoms with Gasteiger partial charge in [-0.1, -0.05) is 12.1 Å². The number of rotatable bonds is 6. The average Bonchev–Trinajstić information content (AvgIpc) is 3.26. The number of benzene rings is 1. The van der Waals surface area contributed by atoms with Crippen molar-refractivity contribution in [2.75, 3.05) is 17.4 Å². The molecule has 11 heteroatoms. The van der Waals surface area contributed by atoms with Crippen molar-refractivity contribution in [3.05, 3.63) is 65.6 Å². The number of hydrogen-bond donors (Lipinski definition) is 2. The highest BCUT2D eigenvalue weighted by Crippen LogP contribution is 2.34. The molecule has 3 aromatic heterocycles. The van der Waals surface area contributed by atoms with Gasteiger partial charge in [0.05, 0.1) is 28.7 Å². The molecule has 0 aliphatic heterocycles. The van der Waals surface area contributed by atoms with Crippen molar-refractivity contribution in [3.8, 4) is 17.3 Å². The van der Waals surface area contributed by atoms with Gasteiger partial charge in [-0.25, -0.2) is 15.0 Å². The highest BCUT2D eigenvalue weighted by atomic mass is 19.4. The molecule has 0 bridgehead atoms. The first-order valence-corrected chi connectivity index (χ1v) is 10.2. The first-order chi connectivity index (χ1) is 16.3. The van der Waals surface area contributed by atoms with E-state index in [9.17, 15) is 18.4 Å². The van der Waals surface area contributed by atoms with Crippen LogP contribution in [0.4, 0.5) is 24.8 Å². The van der Waals surface area contributed by atoms with E-state index in [0.717, 1.165) is 23.5 Å². The average molecular weight is 464 g/mol. The molecule has 4 aromatic rings. The number of fused-ring (bicyclic) bond motifs is 1. The van der Waals surface area contributed by atoms with Crippen LogP contribution in [0.1, 0.15) is 23.6 Å². The van der Waals surface area contributed by atoms with Gasteiger partial charge < -0.3 is 10.3 Å². The summed E-state index contributed by atoms with van der Waals surface area (Å²) in [6, 6.07) is 10.7. The lowest BCUT2D eigenvalue weighted by Crippen LogP contribution is -2.09. The molecule has 0 unspecified atom stereocenters. The fraction of sp³-hybridized carbons (Fsp3) is 0.174. The number of pyridine rings is 1. The van der Waals surface area contributed by atoms with Gasteiger partial charge in [-0.05, 0) is 30.7 Å². The Morgan fingerprint density at radius 1 is 1.21 bits per heavy atom. The van der Waals surface area contributed by atoms with Crippen molar-refractivity contribution in [2.24, 2.45) is 5.10 Å². The molecule has 3 heterocycles. The molecule has 0 amide bonds. The van der Waals surface area contributed by atoms with Crippen molar-refractivity contribution in [1.82, 2.24) is 19.9 Å². The van der Waals surface area contributed by atoms with E-state index in [4.69, 9.17) is 0 Å². The Kier molecular flexibility index (Phi) is 6.14. The van der Waals surface area contributed by atoms with Gasteiger partial charge >= 0.3 is 6.18 Å². The molecule has 8 nitrogen and oxygen atoms in total. The van der Waals surface area contributed by atoms with Gasteiger partial charge in [0.1, 0.15) is 11.7 Å². The summed E-state index contributed by atoms with van der Waals surface area (Å²) in [6.07, 6.45) is 0.741. The number of nitriles is 1. The smallest absolute Gasteiger partial charge is 0.350 e. The maximum atomic E-state index is 13.2. The van der Waals surface area contributed by atoms with Crippen LogP contribution >= 0.6 is 0 Å². The summed E-state index contributed by atoms with van der Waals surface area (Å²) in [4.78, 5) is 15.3. The highest BCUT2D eigenvalue weighted by molar-refractivity contribution is 5.94. The zero-order chi connectivity index (χ0) is 24.3. The quantitative estimate of drug-likeness (QED) is 0.309. The topological polar surface area (TPSA) is 106 Å². The summed E-state index contributed by atoms with van der Waals surface area (Å²) >= 11 is 0. The van der Waals surface area contributed by atoms with E-state index in [2.05, 4.69) is 30.4 Å². The van der Waals surface area contributed by atoms with Crippen molar-refractivity contribution < 1.29 is 13.2 Å². The molecule has 0 atom stereocenters. The van der Waals surface area contributed by atoms with Gasteiger partial charge in [0, 0.05) is 43.2 Å². The van der Waals surface area contributed by atoms with E-state index >= 15 is 0 Å². The van der Waals surface area contributed by atoms with Gasteiger partial charge in [0.2, 0.25) is 5.95 Å². The first kappa shape index (κ1) is 22.7. The number of aromatic amines is 1. The summed E-state index contributed by atoms with van der Waals surface area (Å²) < 4.78 is 39.6. The third-order valence-electron chi connectivity index (χ3n) is 5.07. The normalized spacial score (nSPS) is 11.6. The van der Waals surface area contributed by atoms with E-state index in [1.807, 2.05) is 44.3 Å². The van der Waals surface area contributed by atoms with Crippen LogP contribution in [0.3, 0.4) is 0 Å². The zero-order valence-electron chi connectivity index (χ0n) is 18.2. The Balaban J connectivity index is 1.61. The number of anilines is 2. The minimum atomic E-state index is -4.54. The van der Waals surface area contributed by atoms with E-state index in [1.54, 1.807) is 11.2 Å². The Labute approximate surface area is 192 Å². The summed E-state index contributed by atoms with van der Waals surface area (Å²) in [5, 5.41) is 18.7. The second-order valence-corrected chi connectivity index (χ2v) is 7.31. The maximum absolute atomic E-state index is 13.2. The van der Waals surface area contributed by atoms with Crippen LogP contribution in [0.15, 0.2) is 54.0 Å². The molecule has 0 spiro atoms. The van der Waals surface area contributed by atoms with Crippen molar-refractivity contribution in [2.45, 2.75) is 19.6 Å². The molecular weight excluding hydrogens is 445 g/mol. The Bertz CT molecular complexity index is 1380. The molecule has 0 aliphatic rings. The van der Waals surface area contributed by atoms with E-state index < -0.39 is 11.7 Å². The molecule has 172 valence electrons. The van der Waals surface area contributed by atoms with Crippen LogP contribution in [-0.2, 0) is 12.7 Å². The highest BCUT2D eigenvalue weighted by Gasteiger charge is 2.31. The van der Waals surface area contributed by atoms with Crippen LogP contribution in [0.2, 0.25) is 0 Å². The summed E-state index contributed by atoms with van der Waals surface area (Å²) in [6.45, 7) is 2.24. The molecule has 0 fully saturated rings. The third-order valence-corrected chi connectivity index (χ3v) is 5.07. The Hall–Kier alpha value is -4.46. The van der Waals surface area contributed by atoms with Crippen LogP contribution in [0, 0.1) is 11.3 Å². The minimum absolute atomic E-state index is 0.132. The fourth-order valence-corrected chi connectivity index (χ4v) is 3.36. The predicted octanol–water partition coefficient (Wildman–Crippen LogP) is 4.96. The molecule has 0 aliphatic carbocycles.